The van der Waals surface area contributed by atoms with Crippen LogP contribution in [-0.4, -0.2) is 47.0 Å². The molecule has 4 atom stereocenters. The first kappa shape index (κ1) is 14.8. The number of Topliss-reactive ketones (excluding diaryl/α,β-unsaturated/α-hetero) is 1. The lowest BCUT2D eigenvalue weighted by Crippen LogP contribution is -2.60. The summed E-state index contributed by atoms with van der Waals surface area (Å²) in [4.78, 5) is 36.5. The summed E-state index contributed by atoms with van der Waals surface area (Å²) in [6.07, 6.45) is 1.75. The average molecular weight is 282 g/mol. The van der Waals surface area contributed by atoms with Crippen molar-refractivity contribution < 1.29 is 24.2 Å². The highest BCUT2D eigenvalue weighted by atomic mass is 16.5. The van der Waals surface area contributed by atoms with Crippen molar-refractivity contribution in [3.8, 4) is 0 Å². The van der Waals surface area contributed by atoms with Gasteiger partial charge in [-0.3, -0.25) is 9.69 Å². The number of ketones is 1. The van der Waals surface area contributed by atoms with Gasteiger partial charge in [0.1, 0.15) is 11.8 Å². The van der Waals surface area contributed by atoms with E-state index in [1.807, 2.05) is 0 Å². The smallest absolute Gasteiger partial charge is 0.410 e. The molecule has 1 radical (unpaired) electrons. The molecule has 1 saturated heterocycles. The summed E-state index contributed by atoms with van der Waals surface area (Å²) in [7, 11) is 1.25. The molecule has 0 aromatic heterocycles. The van der Waals surface area contributed by atoms with Gasteiger partial charge < -0.3 is 9.84 Å². The largest absolute Gasteiger partial charge is 0.480 e. The van der Waals surface area contributed by atoms with Crippen molar-refractivity contribution in [2.75, 3.05) is 7.11 Å². The lowest BCUT2D eigenvalue weighted by atomic mass is 9.68. The van der Waals surface area contributed by atoms with E-state index >= 15 is 0 Å². The van der Waals surface area contributed by atoms with Crippen LogP contribution in [0.4, 0.5) is 4.79 Å². The summed E-state index contributed by atoms with van der Waals surface area (Å²) in [6, 6.07) is -1.20. The molecule has 6 nitrogen and oxygen atoms in total. The van der Waals surface area contributed by atoms with Crippen LogP contribution in [0.3, 0.4) is 0 Å². The third-order valence-electron chi connectivity index (χ3n) is 4.50. The Morgan fingerprint density at radius 3 is 2.75 bits per heavy atom. The van der Waals surface area contributed by atoms with E-state index in [9.17, 15) is 19.5 Å². The number of amides is 1. The van der Waals surface area contributed by atoms with Gasteiger partial charge in [0.25, 0.3) is 0 Å². The quantitative estimate of drug-likeness (QED) is 0.829. The second kappa shape index (κ2) is 5.81. The number of piperidine rings is 1. The Bertz CT molecular complexity index is 422. The molecule has 1 amide bonds. The van der Waals surface area contributed by atoms with Crippen LogP contribution in [0.2, 0.25) is 0 Å². The maximum atomic E-state index is 11.9. The third kappa shape index (κ3) is 2.51. The van der Waals surface area contributed by atoms with E-state index in [1.54, 1.807) is 0 Å². The number of hydrogen-bond acceptors (Lipinski definition) is 4. The fourth-order valence-electron chi connectivity index (χ4n) is 3.61. The molecular weight excluding hydrogens is 262 g/mol. The van der Waals surface area contributed by atoms with Crippen molar-refractivity contribution in [1.29, 1.82) is 0 Å². The number of aliphatic carboxylic acids is 1. The summed E-state index contributed by atoms with van der Waals surface area (Å²) < 4.78 is 4.73. The maximum Gasteiger partial charge on any atom is 0.410 e. The standard InChI is InChI=1S/C14H20NO5/c1-3-9-6-8-7-10(16)4-5-11(8)12(13(17)18)15(9)14(19)20-2/h8-9,11-12H,1,3-7H2,2H3,(H,17,18). The molecule has 1 N–H and O–H groups in total. The van der Waals surface area contributed by atoms with Crippen LogP contribution in [0.1, 0.15) is 32.1 Å². The highest BCUT2D eigenvalue weighted by molar-refractivity contribution is 5.83. The van der Waals surface area contributed by atoms with E-state index in [2.05, 4.69) is 6.92 Å². The van der Waals surface area contributed by atoms with Gasteiger partial charge in [0.2, 0.25) is 0 Å². The molecule has 20 heavy (non-hydrogen) atoms. The van der Waals surface area contributed by atoms with Crippen LogP contribution in [0.15, 0.2) is 0 Å². The number of fused-ring (bicyclic) bond motifs is 1. The number of carbonyl (C=O) groups excluding carboxylic acids is 2. The molecule has 4 unspecified atom stereocenters. The van der Waals surface area contributed by atoms with Crippen LogP contribution < -0.4 is 0 Å². The predicted octanol–water partition coefficient (Wildman–Crippen LogP) is 1.49. The first-order chi connectivity index (χ1) is 9.49. The van der Waals surface area contributed by atoms with Gasteiger partial charge in [0.15, 0.2) is 0 Å². The van der Waals surface area contributed by atoms with E-state index in [-0.39, 0.29) is 23.7 Å². The summed E-state index contributed by atoms with van der Waals surface area (Å²) in [6.45, 7) is 3.80. The van der Waals surface area contributed by atoms with Crippen molar-refractivity contribution in [3.05, 3.63) is 6.92 Å². The van der Waals surface area contributed by atoms with Crippen LogP contribution in [0, 0.1) is 18.8 Å². The summed E-state index contributed by atoms with van der Waals surface area (Å²) in [5.74, 6) is -0.986. The fourth-order valence-corrected chi connectivity index (χ4v) is 3.61. The minimum atomic E-state index is -1.03. The van der Waals surface area contributed by atoms with Gasteiger partial charge in [-0.1, -0.05) is 6.92 Å². The molecule has 111 valence electrons. The third-order valence-corrected chi connectivity index (χ3v) is 4.50. The van der Waals surface area contributed by atoms with Gasteiger partial charge in [-0.2, -0.15) is 0 Å². The number of nitrogens with zero attached hydrogens (tertiary/aromatic N) is 1. The number of carboxylic acids is 1. The number of hydrogen-bond donors (Lipinski definition) is 1. The Morgan fingerprint density at radius 1 is 1.50 bits per heavy atom. The molecule has 2 fully saturated rings. The normalized spacial score (nSPS) is 33.5. The average Bonchev–Trinajstić information content (AvgIpc) is 2.43. The van der Waals surface area contributed by atoms with Crippen molar-refractivity contribution in [2.45, 2.75) is 44.2 Å². The summed E-state index contributed by atoms with van der Waals surface area (Å²) in [5, 5.41) is 9.52. The molecule has 2 rings (SSSR count). The predicted molar refractivity (Wildman–Crippen MR) is 69.9 cm³/mol. The van der Waals surface area contributed by atoms with Crippen molar-refractivity contribution in [1.82, 2.24) is 4.90 Å². The summed E-state index contributed by atoms with van der Waals surface area (Å²) in [5.41, 5.74) is 0. The summed E-state index contributed by atoms with van der Waals surface area (Å²) >= 11 is 0. The fraction of sp³-hybridized carbons (Fsp3) is 0.714. The Hall–Kier alpha value is -1.59. The zero-order valence-electron chi connectivity index (χ0n) is 11.6. The molecule has 0 bridgehead atoms. The van der Waals surface area contributed by atoms with Gasteiger partial charge in [-0.05, 0) is 31.1 Å². The lowest BCUT2D eigenvalue weighted by Gasteiger charge is -2.48. The number of carboxylic acid groups (broad SMARTS) is 1. The first-order valence-electron chi connectivity index (χ1n) is 6.89. The molecule has 0 spiro atoms. The van der Waals surface area contributed by atoms with Crippen LogP contribution >= 0.6 is 0 Å². The molecule has 2 aliphatic rings. The minimum Gasteiger partial charge on any atom is -0.480 e. The van der Waals surface area contributed by atoms with E-state index in [0.717, 1.165) is 0 Å². The monoisotopic (exact) mass is 282 g/mol. The van der Waals surface area contributed by atoms with Crippen molar-refractivity contribution >= 4 is 17.8 Å². The van der Waals surface area contributed by atoms with E-state index < -0.39 is 18.1 Å². The molecule has 1 heterocycles. The second-order valence-corrected chi connectivity index (χ2v) is 5.54. The molecule has 6 heteroatoms. The second-order valence-electron chi connectivity index (χ2n) is 5.54. The zero-order chi connectivity index (χ0) is 14.9. The SMILES string of the molecule is [CH2]CC1CC2CC(=O)CCC2C(C(=O)O)N1C(=O)OC. The first-order valence-corrected chi connectivity index (χ1v) is 6.89. The maximum absolute atomic E-state index is 11.9. The highest BCUT2D eigenvalue weighted by Crippen LogP contribution is 2.42. The van der Waals surface area contributed by atoms with Crippen LogP contribution in [-0.2, 0) is 14.3 Å². The number of ether oxygens (including phenoxy) is 1. The zero-order valence-corrected chi connectivity index (χ0v) is 11.6. The van der Waals surface area contributed by atoms with Gasteiger partial charge in [-0.25, -0.2) is 9.59 Å². The Labute approximate surface area is 118 Å². The molecule has 0 aromatic rings. The minimum absolute atomic E-state index is 0.0324. The number of carbonyl (C=O) groups is 3. The Balaban J connectivity index is 2.33. The van der Waals surface area contributed by atoms with Crippen LogP contribution in [0.25, 0.3) is 0 Å². The number of methoxy groups -OCH3 is 1. The van der Waals surface area contributed by atoms with E-state index in [0.29, 0.717) is 32.1 Å². The van der Waals surface area contributed by atoms with Gasteiger partial charge >= 0.3 is 12.1 Å². The number of rotatable bonds is 2. The van der Waals surface area contributed by atoms with Gasteiger partial charge in [0, 0.05) is 18.9 Å². The van der Waals surface area contributed by atoms with Gasteiger partial charge in [0.05, 0.1) is 7.11 Å². The Kier molecular flexibility index (Phi) is 4.30. The molecule has 0 aromatic carbocycles. The van der Waals surface area contributed by atoms with E-state index in [1.165, 1.54) is 12.0 Å². The molecule has 1 aliphatic carbocycles. The molecule has 1 saturated carbocycles. The highest BCUT2D eigenvalue weighted by Gasteiger charge is 2.50. The van der Waals surface area contributed by atoms with Crippen molar-refractivity contribution in [3.63, 3.8) is 0 Å². The van der Waals surface area contributed by atoms with Gasteiger partial charge in [-0.15, -0.1) is 0 Å². The van der Waals surface area contributed by atoms with E-state index in [4.69, 9.17) is 4.74 Å². The number of likely N-dealkylation sites (tertiary alicyclic amines) is 1. The molecule has 1 aliphatic heterocycles. The lowest BCUT2D eigenvalue weighted by molar-refractivity contribution is -0.152. The Morgan fingerprint density at radius 2 is 2.20 bits per heavy atom. The van der Waals surface area contributed by atoms with Crippen LogP contribution in [0.5, 0.6) is 0 Å². The van der Waals surface area contributed by atoms with Crippen molar-refractivity contribution in [2.24, 2.45) is 11.8 Å². The molecular formula is C14H20NO5. The topological polar surface area (TPSA) is 83.9 Å².